The lowest BCUT2D eigenvalue weighted by atomic mass is 9.99. The Kier molecular flexibility index (Phi) is 7.66. The highest BCUT2D eigenvalue weighted by Gasteiger charge is 2.35. The van der Waals surface area contributed by atoms with E-state index in [1.165, 1.54) is 15.6 Å². The topological polar surface area (TPSA) is 80.1 Å². The first-order chi connectivity index (χ1) is 17.6. The van der Waals surface area contributed by atoms with Gasteiger partial charge in [0, 0.05) is 17.6 Å². The molecule has 3 aromatic carbocycles. The highest BCUT2D eigenvalue weighted by atomic mass is 19.1. The van der Waals surface area contributed by atoms with Crippen molar-refractivity contribution in [3.63, 3.8) is 0 Å². The minimum Gasteiger partial charge on any atom is -0.349 e. The average molecular weight is 502 g/mol. The van der Waals surface area contributed by atoms with Crippen molar-refractivity contribution in [3.8, 4) is 0 Å². The number of carbonyl (C=O) groups is 2. The van der Waals surface area contributed by atoms with Crippen molar-refractivity contribution >= 4 is 22.8 Å². The molecule has 0 fully saturated rings. The number of nitrogens with one attached hydrogen (secondary N) is 1. The lowest BCUT2D eigenvalue weighted by Gasteiger charge is -2.34. The third-order valence-electron chi connectivity index (χ3n) is 6.17. The minimum absolute atomic E-state index is 0.137. The molecule has 0 bridgehead atoms. The van der Waals surface area contributed by atoms with E-state index in [1.807, 2.05) is 76.2 Å². The predicted octanol–water partition coefficient (Wildman–Crippen LogP) is 4.61. The van der Waals surface area contributed by atoms with E-state index in [0.717, 1.165) is 11.1 Å². The number of nitrogens with zero attached hydrogens (tertiary/aromatic N) is 4. The number of rotatable bonds is 8. The van der Waals surface area contributed by atoms with Gasteiger partial charge in [-0.25, -0.2) is 9.07 Å². The van der Waals surface area contributed by atoms with E-state index in [2.05, 4.69) is 15.6 Å². The second-order valence-electron chi connectivity index (χ2n) is 10.2. The standard InChI is InChI=1S/C29H32FN5O2/c1-20-11-5-6-12-21(20)17-18-34(26(36)19-35-25-16-10-9-15-24(25)32-33-35)27(28(37)31-29(2,3)4)22-13-7-8-14-23(22)30/h5-16,27H,17-19H2,1-4H3,(H,31,37). The molecule has 0 saturated carbocycles. The van der Waals surface area contributed by atoms with Gasteiger partial charge in [-0.3, -0.25) is 9.59 Å². The van der Waals surface area contributed by atoms with Crippen molar-refractivity contribution in [1.29, 1.82) is 0 Å². The Bertz CT molecular complexity index is 1410. The van der Waals surface area contributed by atoms with Gasteiger partial charge in [-0.15, -0.1) is 5.10 Å². The van der Waals surface area contributed by atoms with Crippen LogP contribution in [0, 0.1) is 12.7 Å². The number of benzene rings is 3. The molecule has 1 N–H and O–H groups in total. The smallest absolute Gasteiger partial charge is 0.247 e. The molecule has 1 aromatic heterocycles. The summed E-state index contributed by atoms with van der Waals surface area (Å²) in [4.78, 5) is 29.0. The van der Waals surface area contributed by atoms with Gasteiger partial charge >= 0.3 is 0 Å². The number of para-hydroxylation sites is 1. The highest BCUT2D eigenvalue weighted by molar-refractivity contribution is 5.89. The van der Waals surface area contributed by atoms with Gasteiger partial charge in [-0.2, -0.15) is 0 Å². The van der Waals surface area contributed by atoms with E-state index < -0.39 is 23.3 Å². The maximum Gasteiger partial charge on any atom is 0.247 e. The van der Waals surface area contributed by atoms with Crippen molar-refractivity contribution < 1.29 is 14.0 Å². The summed E-state index contributed by atoms with van der Waals surface area (Å²) in [6, 6.07) is 20.2. The molecule has 2 amide bonds. The molecular formula is C29H32FN5O2. The van der Waals surface area contributed by atoms with Gasteiger partial charge in [0.15, 0.2) is 0 Å². The van der Waals surface area contributed by atoms with Crippen LogP contribution in [0.3, 0.4) is 0 Å². The largest absolute Gasteiger partial charge is 0.349 e. The molecule has 4 aromatic rings. The molecule has 7 nitrogen and oxygen atoms in total. The SMILES string of the molecule is Cc1ccccc1CCN(C(=O)Cn1nnc2ccccc21)C(C(=O)NC(C)(C)C)c1ccccc1F. The molecule has 0 aliphatic rings. The Hall–Kier alpha value is -4.07. The van der Waals surface area contributed by atoms with E-state index in [1.54, 1.807) is 18.2 Å². The second kappa shape index (κ2) is 10.9. The molecule has 0 aliphatic heterocycles. The van der Waals surface area contributed by atoms with E-state index in [0.29, 0.717) is 17.5 Å². The number of fused-ring (bicyclic) bond motifs is 1. The van der Waals surface area contributed by atoms with E-state index in [4.69, 9.17) is 0 Å². The Morgan fingerprint density at radius 1 is 1.00 bits per heavy atom. The van der Waals surface area contributed by atoms with Crippen molar-refractivity contribution in [2.75, 3.05) is 6.54 Å². The Balaban J connectivity index is 1.74. The lowest BCUT2D eigenvalue weighted by molar-refractivity contribution is -0.142. The number of halogens is 1. The Morgan fingerprint density at radius 3 is 2.41 bits per heavy atom. The fourth-order valence-corrected chi connectivity index (χ4v) is 4.37. The number of hydrogen-bond acceptors (Lipinski definition) is 4. The zero-order chi connectivity index (χ0) is 26.6. The number of hydrogen-bond donors (Lipinski definition) is 1. The van der Waals surface area contributed by atoms with Gasteiger partial charge in [0.1, 0.15) is 23.9 Å². The molecule has 0 radical (unpaired) electrons. The van der Waals surface area contributed by atoms with Crippen LogP contribution >= 0.6 is 0 Å². The van der Waals surface area contributed by atoms with Gasteiger partial charge in [-0.05, 0) is 63.4 Å². The summed E-state index contributed by atoms with van der Waals surface area (Å²) in [5.74, 6) is -1.35. The first-order valence-corrected chi connectivity index (χ1v) is 12.3. The van der Waals surface area contributed by atoms with Crippen LogP contribution in [0.15, 0.2) is 72.8 Å². The number of aromatic nitrogens is 3. The number of amides is 2. The quantitative estimate of drug-likeness (QED) is 0.383. The summed E-state index contributed by atoms with van der Waals surface area (Å²) in [6.07, 6.45) is 0.504. The maximum absolute atomic E-state index is 15.1. The Labute approximate surface area is 216 Å². The molecule has 1 atom stereocenters. The average Bonchev–Trinajstić information content (AvgIpc) is 3.25. The molecule has 4 rings (SSSR count). The summed E-state index contributed by atoms with van der Waals surface area (Å²) in [5, 5.41) is 11.2. The van der Waals surface area contributed by atoms with Crippen LogP contribution in [-0.4, -0.2) is 43.8 Å². The monoisotopic (exact) mass is 501 g/mol. The van der Waals surface area contributed by atoms with Gasteiger partial charge in [0.25, 0.3) is 0 Å². The summed E-state index contributed by atoms with van der Waals surface area (Å²) in [5.41, 5.74) is 3.07. The first-order valence-electron chi connectivity index (χ1n) is 12.3. The minimum atomic E-state index is -1.16. The van der Waals surface area contributed by atoms with E-state index in [-0.39, 0.29) is 24.6 Å². The van der Waals surface area contributed by atoms with Crippen LogP contribution in [0.4, 0.5) is 4.39 Å². The molecule has 8 heteroatoms. The van der Waals surface area contributed by atoms with Crippen LogP contribution in [0.5, 0.6) is 0 Å². The summed E-state index contributed by atoms with van der Waals surface area (Å²) in [7, 11) is 0. The van der Waals surface area contributed by atoms with Gasteiger partial charge < -0.3 is 10.2 Å². The summed E-state index contributed by atoms with van der Waals surface area (Å²) < 4.78 is 16.6. The van der Waals surface area contributed by atoms with Crippen LogP contribution < -0.4 is 5.32 Å². The van der Waals surface area contributed by atoms with E-state index in [9.17, 15) is 9.59 Å². The fourth-order valence-electron chi connectivity index (χ4n) is 4.37. The number of aryl methyl sites for hydroxylation is 1. The predicted molar refractivity (Wildman–Crippen MR) is 141 cm³/mol. The van der Waals surface area contributed by atoms with Crippen LogP contribution in [0.25, 0.3) is 11.0 Å². The Morgan fingerprint density at radius 2 is 1.68 bits per heavy atom. The van der Waals surface area contributed by atoms with Crippen molar-refractivity contribution in [3.05, 3.63) is 95.3 Å². The summed E-state index contributed by atoms with van der Waals surface area (Å²) in [6.45, 7) is 7.64. The highest BCUT2D eigenvalue weighted by Crippen LogP contribution is 2.26. The maximum atomic E-state index is 15.1. The molecule has 37 heavy (non-hydrogen) atoms. The molecular weight excluding hydrogens is 469 g/mol. The second-order valence-corrected chi connectivity index (χ2v) is 10.2. The fraction of sp³-hybridized carbons (Fsp3) is 0.310. The zero-order valence-corrected chi connectivity index (χ0v) is 21.6. The van der Waals surface area contributed by atoms with Crippen LogP contribution in [0.1, 0.15) is 43.5 Å². The molecule has 0 aliphatic carbocycles. The third kappa shape index (κ3) is 6.20. The van der Waals surface area contributed by atoms with Crippen molar-refractivity contribution in [2.45, 2.75) is 52.2 Å². The van der Waals surface area contributed by atoms with Gasteiger partial charge in [0.2, 0.25) is 11.8 Å². The van der Waals surface area contributed by atoms with Crippen molar-refractivity contribution in [2.24, 2.45) is 0 Å². The van der Waals surface area contributed by atoms with Crippen molar-refractivity contribution in [1.82, 2.24) is 25.2 Å². The van der Waals surface area contributed by atoms with Crippen LogP contribution in [0.2, 0.25) is 0 Å². The zero-order valence-electron chi connectivity index (χ0n) is 21.6. The third-order valence-corrected chi connectivity index (χ3v) is 6.17. The van der Waals surface area contributed by atoms with Gasteiger partial charge in [-0.1, -0.05) is 59.8 Å². The molecule has 192 valence electrons. The van der Waals surface area contributed by atoms with Crippen LogP contribution in [-0.2, 0) is 22.6 Å². The molecule has 0 saturated heterocycles. The normalized spacial score (nSPS) is 12.4. The molecule has 1 unspecified atom stereocenters. The summed E-state index contributed by atoms with van der Waals surface area (Å²) >= 11 is 0. The number of carbonyl (C=O) groups excluding carboxylic acids is 2. The lowest BCUT2D eigenvalue weighted by Crippen LogP contribution is -2.50. The van der Waals surface area contributed by atoms with Gasteiger partial charge in [0.05, 0.1) is 5.52 Å². The molecule has 0 spiro atoms. The van der Waals surface area contributed by atoms with E-state index >= 15 is 4.39 Å². The first kappa shape index (κ1) is 26.0. The molecule has 1 heterocycles.